The lowest BCUT2D eigenvalue weighted by Gasteiger charge is -2.24. The number of anilines is 2. The summed E-state index contributed by atoms with van der Waals surface area (Å²) in [5.41, 5.74) is 2.56. The molecule has 3 amide bonds. The summed E-state index contributed by atoms with van der Waals surface area (Å²) >= 11 is 0. The van der Waals surface area contributed by atoms with Gasteiger partial charge in [-0.2, -0.15) is 0 Å². The zero-order valence-corrected chi connectivity index (χ0v) is 14.2. The molecule has 0 atom stereocenters. The molecule has 1 heterocycles. The fraction of sp³-hybridized carbons (Fsp3) is 0.450. The van der Waals surface area contributed by atoms with E-state index in [-0.39, 0.29) is 17.7 Å². The Kier molecular flexibility index (Phi) is 4.15. The molecule has 0 aromatic heterocycles. The second-order valence-electron chi connectivity index (χ2n) is 7.21. The normalized spacial score (nSPS) is 20.4. The smallest absolute Gasteiger partial charge is 0.248 e. The van der Waals surface area contributed by atoms with Crippen LogP contribution in [0.3, 0.4) is 0 Å². The number of allylic oxidation sites excluding steroid dienone is 1. The number of nitrogens with zero attached hydrogens (tertiary/aromatic N) is 1. The van der Waals surface area contributed by atoms with Crippen LogP contribution in [0.25, 0.3) is 0 Å². The summed E-state index contributed by atoms with van der Waals surface area (Å²) in [6.45, 7) is 0. The van der Waals surface area contributed by atoms with Crippen LogP contribution in [0.5, 0.6) is 0 Å². The first-order valence-electron chi connectivity index (χ1n) is 9.10. The summed E-state index contributed by atoms with van der Waals surface area (Å²) in [6.07, 6.45) is 8.05. The molecule has 2 saturated carbocycles. The van der Waals surface area contributed by atoms with Gasteiger partial charge in [-0.15, -0.1) is 0 Å². The standard InChI is InChI=1S/C20H22N2O3/c23-18(12-17(13-4-5-13)14-6-7-14)21-15-8-10-16(11-9-15)22-19(24)2-1-3-20(22)25/h8-14H,1-7H2,(H,21,23). The van der Waals surface area contributed by atoms with Crippen molar-refractivity contribution < 1.29 is 14.4 Å². The zero-order chi connectivity index (χ0) is 17.4. The van der Waals surface area contributed by atoms with E-state index in [0.717, 1.165) is 0 Å². The minimum atomic E-state index is -0.158. The number of nitrogens with one attached hydrogen (secondary N) is 1. The van der Waals surface area contributed by atoms with Crippen molar-refractivity contribution in [2.24, 2.45) is 11.8 Å². The molecule has 5 nitrogen and oxygen atoms in total. The van der Waals surface area contributed by atoms with Gasteiger partial charge in [-0.1, -0.05) is 5.57 Å². The molecule has 0 bridgehead atoms. The molecule has 0 radical (unpaired) electrons. The molecule has 0 spiro atoms. The van der Waals surface area contributed by atoms with Crippen LogP contribution in [0, 0.1) is 11.8 Å². The van der Waals surface area contributed by atoms with E-state index in [1.165, 1.54) is 36.2 Å². The number of hydrogen-bond acceptors (Lipinski definition) is 3. The molecule has 4 rings (SSSR count). The first-order chi connectivity index (χ1) is 12.1. The molecular formula is C20H22N2O3. The summed E-state index contributed by atoms with van der Waals surface area (Å²) < 4.78 is 0. The van der Waals surface area contributed by atoms with Crippen molar-refractivity contribution in [3.8, 4) is 0 Å². The Bertz CT molecular complexity index is 713. The summed E-state index contributed by atoms with van der Waals surface area (Å²) in [7, 11) is 0. The quantitative estimate of drug-likeness (QED) is 0.661. The number of amides is 3. The van der Waals surface area contributed by atoms with E-state index in [1.807, 2.05) is 0 Å². The van der Waals surface area contributed by atoms with Crippen molar-refractivity contribution in [2.45, 2.75) is 44.9 Å². The maximum absolute atomic E-state index is 12.3. The molecule has 1 saturated heterocycles. The molecule has 1 N–H and O–H groups in total. The molecule has 3 aliphatic rings. The maximum atomic E-state index is 12.3. The Labute approximate surface area is 147 Å². The monoisotopic (exact) mass is 338 g/mol. The lowest BCUT2D eigenvalue weighted by Crippen LogP contribution is -2.40. The minimum Gasteiger partial charge on any atom is -0.323 e. The largest absolute Gasteiger partial charge is 0.323 e. The van der Waals surface area contributed by atoms with Crippen LogP contribution in [0.15, 0.2) is 35.9 Å². The molecule has 25 heavy (non-hydrogen) atoms. The molecular weight excluding hydrogens is 316 g/mol. The highest BCUT2D eigenvalue weighted by atomic mass is 16.2. The number of carbonyl (C=O) groups is 3. The van der Waals surface area contributed by atoms with Gasteiger partial charge >= 0.3 is 0 Å². The van der Waals surface area contributed by atoms with E-state index >= 15 is 0 Å². The topological polar surface area (TPSA) is 66.5 Å². The maximum Gasteiger partial charge on any atom is 0.248 e. The second-order valence-corrected chi connectivity index (χ2v) is 7.21. The van der Waals surface area contributed by atoms with Gasteiger partial charge in [0, 0.05) is 24.6 Å². The van der Waals surface area contributed by atoms with Crippen molar-refractivity contribution in [1.29, 1.82) is 0 Å². The highest BCUT2D eigenvalue weighted by molar-refractivity contribution is 6.16. The van der Waals surface area contributed by atoms with Crippen LogP contribution in [-0.4, -0.2) is 17.7 Å². The summed E-state index contributed by atoms with van der Waals surface area (Å²) in [4.78, 5) is 37.4. The van der Waals surface area contributed by atoms with Crippen LogP contribution in [0.2, 0.25) is 0 Å². The first kappa shape index (κ1) is 16.1. The molecule has 1 aliphatic heterocycles. The fourth-order valence-corrected chi connectivity index (χ4v) is 3.47. The lowest BCUT2D eigenvalue weighted by molar-refractivity contribution is -0.129. The van der Waals surface area contributed by atoms with Crippen molar-refractivity contribution in [3.05, 3.63) is 35.9 Å². The molecule has 130 valence electrons. The first-order valence-corrected chi connectivity index (χ1v) is 9.10. The number of hydrogen-bond donors (Lipinski definition) is 1. The Morgan fingerprint density at radius 1 is 0.960 bits per heavy atom. The van der Waals surface area contributed by atoms with Crippen LogP contribution < -0.4 is 10.2 Å². The van der Waals surface area contributed by atoms with Crippen LogP contribution >= 0.6 is 0 Å². The van der Waals surface area contributed by atoms with Gasteiger partial charge in [-0.25, -0.2) is 0 Å². The lowest BCUT2D eigenvalue weighted by atomic mass is 10.1. The van der Waals surface area contributed by atoms with Gasteiger partial charge in [0.15, 0.2) is 0 Å². The number of piperidine rings is 1. The van der Waals surface area contributed by atoms with Crippen molar-refractivity contribution in [1.82, 2.24) is 0 Å². The highest BCUT2D eigenvalue weighted by Crippen LogP contribution is 2.48. The fourth-order valence-electron chi connectivity index (χ4n) is 3.47. The van der Waals surface area contributed by atoms with Gasteiger partial charge in [0.2, 0.25) is 17.7 Å². The number of carbonyl (C=O) groups excluding carboxylic acids is 3. The van der Waals surface area contributed by atoms with Crippen molar-refractivity contribution >= 4 is 29.1 Å². The Morgan fingerprint density at radius 3 is 2.04 bits per heavy atom. The van der Waals surface area contributed by atoms with E-state index < -0.39 is 0 Å². The van der Waals surface area contributed by atoms with Crippen LogP contribution in [0.1, 0.15) is 44.9 Å². The highest BCUT2D eigenvalue weighted by Gasteiger charge is 2.36. The molecule has 5 heteroatoms. The van der Waals surface area contributed by atoms with Gasteiger partial charge in [0.1, 0.15) is 0 Å². The SMILES string of the molecule is O=C(C=C(C1CC1)C1CC1)Nc1ccc(N2C(=O)CCCC2=O)cc1. The zero-order valence-electron chi connectivity index (χ0n) is 14.2. The third-order valence-electron chi connectivity index (χ3n) is 5.07. The van der Waals surface area contributed by atoms with Crippen LogP contribution in [0.4, 0.5) is 11.4 Å². The van der Waals surface area contributed by atoms with Gasteiger partial charge in [-0.05, 0) is 68.2 Å². The van der Waals surface area contributed by atoms with E-state index in [0.29, 0.717) is 42.5 Å². The minimum absolute atomic E-state index is 0.0910. The number of imide groups is 1. The van der Waals surface area contributed by atoms with Crippen molar-refractivity contribution in [3.63, 3.8) is 0 Å². The Balaban J connectivity index is 1.43. The van der Waals surface area contributed by atoms with Gasteiger partial charge < -0.3 is 5.32 Å². The van der Waals surface area contributed by atoms with Gasteiger partial charge in [-0.3, -0.25) is 19.3 Å². The van der Waals surface area contributed by atoms with Gasteiger partial charge in [0.05, 0.1) is 5.69 Å². The average Bonchev–Trinajstić information content (AvgIpc) is 3.47. The molecule has 0 unspecified atom stereocenters. The average molecular weight is 338 g/mol. The third kappa shape index (κ3) is 3.65. The summed E-state index contributed by atoms with van der Waals surface area (Å²) in [5, 5.41) is 2.89. The van der Waals surface area contributed by atoms with E-state index in [1.54, 1.807) is 30.3 Å². The van der Waals surface area contributed by atoms with Gasteiger partial charge in [0.25, 0.3) is 0 Å². The molecule has 3 fully saturated rings. The molecule has 1 aromatic carbocycles. The van der Waals surface area contributed by atoms with E-state index in [9.17, 15) is 14.4 Å². The van der Waals surface area contributed by atoms with Crippen LogP contribution in [-0.2, 0) is 14.4 Å². The second kappa shape index (κ2) is 6.47. The number of rotatable bonds is 5. The van der Waals surface area contributed by atoms with Crippen molar-refractivity contribution in [2.75, 3.05) is 10.2 Å². The number of benzene rings is 1. The third-order valence-corrected chi connectivity index (χ3v) is 5.07. The summed E-state index contributed by atoms with van der Waals surface area (Å²) in [6, 6.07) is 6.90. The predicted molar refractivity (Wildman–Crippen MR) is 94.9 cm³/mol. The Morgan fingerprint density at radius 2 is 1.52 bits per heavy atom. The predicted octanol–water partition coefficient (Wildman–Crippen LogP) is 3.42. The van der Waals surface area contributed by atoms with E-state index in [2.05, 4.69) is 5.32 Å². The molecule has 2 aliphatic carbocycles. The Hall–Kier alpha value is -2.43. The van der Waals surface area contributed by atoms with E-state index in [4.69, 9.17) is 0 Å². The molecule has 1 aromatic rings. The summed E-state index contributed by atoms with van der Waals surface area (Å²) in [5.74, 6) is 0.837.